The molecule has 1 aromatic carbocycles. The van der Waals surface area contributed by atoms with Gasteiger partial charge in [-0.15, -0.1) is 0 Å². The molecule has 1 aromatic rings. The van der Waals surface area contributed by atoms with E-state index in [-0.39, 0.29) is 12.1 Å². The molecule has 7 heteroatoms. The van der Waals surface area contributed by atoms with Gasteiger partial charge in [-0.3, -0.25) is 14.5 Å². The molecule has 0 saturated heterocycles. The summed E-state index contributed by atoms with van der Waals surface area (Å²) in [6.45, 7) is 1.15. The standard InChI is InChI=1S/C18H16N2O5/c1-23-14-9-12(10-15-17(14)25-8-7-24-15)4-5-16(21)20-6-2-3-13(11-19)18(20)22/h3-5,9-10H,2,6-8H2,1H3. The Bertz CT molecular complexity index is 802. The highest BCUT2D eigenvalue weighted by Crippen LogP contribution is 2.40. The first-order chi connectivity index (χ1) is 12.1. The van der Waals surface area contributed by atoms with E-state index in [1.807, 2.05) is 6.07 Å². The van der Waals surface area contributed by atoms with Crippen LogP contribution in [0.25, 0.3) is 6.08 Å². The van der Waals surface area contributed by atoms with Gasteiger partial charge in [-0.25, -0.2) is 0 Å². The highest BCUT2D eigenvalue weighted by Gasteiger charge is 2.26. The van der Waals surface area contributed by atoms with Crippen LogP contribution in [-0.4, -0.2) is 43.6 Å². The molecule has 0 aliphatic carbocycles. The van der Waals surface area contributed by atoms with Crippen molar-refractivity contribution in [3.8, 4) is 23.3 Å². The van der Waals surface area contributed by atoms with Crippen molar-refractivity contribution < 1.29 is 23.8 Å². The van der Waals surface area contributed by atoms with Crippen molar-refractivity contribution >= 4 is 17.9 Å². The van der Waals surface area contributed by atoms with Crippen LogP contribution in [0.3, 0.4) is 0 Å². The lowest BCUT2D eigenvalue weighted by atomic mass is 10.1. The first-order valence-corrected chi connectivity index (χ1v) is 7.76. The van der Waals surface area contributed by atoms with E-state index in [0.29, 0.717) is 42.4 Å². The van der Waals surface area contributed by atoms with Crippen molar-refractivity contribution in [2.75, 3.05) is 26.9 Å². The lowest BCUT2D eigenvalue weighted by Gasteiger charge is -2.22. The Hall–Kier alpha value is -3.27. The molecule has 0 radical (unpaired) electrons. The molecule has 3 rings (SSSR count). The maximum atomic E-state index is 12.3. The highest BCUT2D eigenvalue weighted by molar-refractivity contribution is 6.10. The molecule has 0 spiro atoms. The lowest BCUT2D eigenvalue weighted by Crippen LogP contribution is -2.39. The van der Waals surface area contributed by atoms with Gasteiger partial charge in [-0.05, 0) is 30.2 Å². The van der Waals surface area contributed by atoms with Gasteiger partial charge in [0.15, 0.2) is 11.5 Å². The third-order valence-electron chi connectivity index (χ3n) is 3.83. The van der Waals surface area contributed by atoms with Crippen LogP contribution in [0.2, 0.25) is 0 Å². The van der Waals surface area contributed by atoms with Crippen molar-refractivity contribution in [1.82, 2.24) is 4.90 Å². The summed E-state index contributed by atoms with van der Waals surface area (Å²) in [6.07, 6.45) is 4.89. The van der Waals surface area contributed by atoms with Gasteiger partial charge in [0, 0.05) is 12.6 Å². The number of imide groups is 1. The van der Waals surface area contributed by atoms with Crippen LogP contribution in [0.1, 0.15) is 12.0 Å². The fourth-order valence-corrected chi connectivity index (χ4v) is 2.62. The van der Waals surface area contributed by atoms with Crippen molar-refractivity contribution in [3.05, 3.63) is 35.4 Å². The predicted octanol–water partition coefficient (Wildman–Crippen LogP) is 1.69. The average Bonchev–Trinajstić information content (AvgIpc) is 2.65. The van der Waals surface area contributed by atoms with E-state index in [2.05, 4.69) is 0 Å². The molecule has 2 amide bonds. The number of carbonyl (C=O) groups is 2. The summed E-state index contributed by atoms with van der Waals surface area (Å²) in [5.74, 6) is 0.546. The number of methoxy groups -OCH3 is 1. The van der Waals surface area contributed by atoms with E-state index in [0.717, 1.165) is 4.90 Å². The molecule has 0 unspecified atom stereocenters. The topological polar surface area (TPSA) is 88.9 Å². The number of carbonyl (C=O) groups excluding carboxylic acids is 2. The molecular weight excluding hydrogens is 324 g/mol. The summed E-state index contributed by atoms with van der Waals surface area (Å²) >= 11 is 0. The third-order valence-corrected chi connectivity index (χ3v) is 3.83. The Labute approximate surface area is 144 Å². The Kier molecular flexibility index (Phi) is 4.70. The Morgan fingerprint density at radius 3 is 2.92 bits per heavy atom. The maximum absolute atomic E-state index is 12.3. The average molecular weight is 340 g/mol. The van der Waals surface area contributed by atoms with Gasteiger partial charge < -0.3 is 14.2 Å². The number of hydrogen-bond acceptors (Lipinski definition) is 6. The Balaban J connectivity index is 1.80. The molecule has 25 heavy (non-hydrogen) atoms. The normalized spacial score (nSPS) is 16.4. The molecule has 0 N–H and O–H groups in total. The summed E-state index contributed by atoms with van der Waals surface area (Å²) in [7, 11) is 1.52. The smallest absolute Gasteiger partial charge is 0.271 e. The number of nitriles is 1. The molecule has 0 aromatic heterocycles. The quantitative estimate of drug-likeness (QED) is 0.778. The number of nitrogens with zero attached hydrogens (tertiary/aromatic N) is 2. The monoisotopic (exact) mass is 340 g/mol. The van der Waals surface area contributed by atoms with Crippen LogP contribution >= 0.6 is 0 Å². The zero-order valence-corrected chi connectivity index (χ0v) is 13.7. The van der Waals surface area contributed by atoms with Crippen LogP contribution in [-0.2, 0) is 9.59 Å². The molecule has 2 aliphatic rings. The van der Waals surface area contributed by atoms with Crippen molar-refractivity contribution in [2.45, 2.75) is 6.42 Å². The second kappa shape index (κ2) is 7.09. The second-order valence-electron chi connectivity index (χ2n) is 5.39. The number of ether oxygens (including phenoxy) is 3. The van der Waals surface area contributed by atoms with Gasteiger partial charge >= 0.3 is 0 Å². The number of hydrogen-bond donors (Lipinski definition) is 0. The number of benzene rings is 1. The van der Waals surface area contributed by atoms with E-state index in [9.17, 15) is 9.59 Å². The molecule has 7 nitrogen and oxygen atoms in total. The van der Waals surface area contributed by atoms with Crippen molar-refractivity contribution in [3.63, 3.8) is 0 Å². The zero-order chi connectivity index (χ0) is 17.8. The minimum atomic E-state index is -0.567. The van der Waals surface area contributed by atoms with Crippen LogP contribution in [0.5, 0.6) is 17.2 Å². The van der Waals surface area contributed by atoms with E-state index in [1.165, 1.54) is 13.2 Å². The second-order valence-corrected chi connectivity index (χ2v) is 5.39. The molecule has 2 aliphatic heterocycles. The number of amides is 2. The summed E-state index contributed by atoms with van der Waals surface area (Å²) in [5, 5.41) is 8.90. The lowest BCUT2D eigenvalue weighted by molar-refractivity contribution is -0.139. The van der Waals surface area contributed by atoms with Crippen molar-refractivity contribution in [1.29, 1.82) is 5.26 Å². The summed E-state index contributed by atoms with van der Waals surface area (Å²) < 4.78 is 16.4. The van der Waals surface area contributed by atoms with Gasteiger partial charge in [0.2, 0.25) is 5.75 Å². The molecule has 0 bridgehead atoms. The molecule has 0 fully saturated rings. The van der Waals surface area contributed by atoms with Crippen LogP contribution < -0.4 is 14.2 Å². The van der Waals surface area contributed by atoms with Gasteiger partial charge in [-0.1, -0.05) is 6.08 Å². The van der Waals surface area contributed by atoms with E-state index < -0.39 is 11.8 Å². The predicted molar refractivity (Wildman–Crippen MR) is 88.1 cm³/mol. The van der Waals surface area contributed by atoms with Crippen LogP contribution in [0.15, 0.2) is 29.9 Å². The molecule has 0 saturated carbocycles. The highest BCUT2D eigenvalue weighted by atomic mass is 16.6. The first-order valence-electron chi connectivity index (χ1n) is 7.76. The van der Waals surface area contributed by atoms with Crippen molar-refractivity contribution in [2.24, 2.45) is 0 Å². The summed E-state index contributed by atoms with van der Waals surface area (Å²) in [4.78, 5) is 25.4. The van der Waals surface area contributed by atoms with Gasteiger partial charge in [0.1, 0.15) is 24.9 Å². The molecule has 128 valence electrons. The summed E-state index contributed by atoms with van der Waals surface area (Å²) in [5.41, 5.74) is 0.670. The molecule has 0 atom stereocenters. The van der Waals surface area contributed by atoms with Gasteiger partial charge in [0.25, 0.3) is 11.8 Å². The van der Waals surface area contributed by atoms with E-state index in [4.69, 9.17) is 19.5 Å². The van der Waals surface area contributed by atoms with E-state index >= 15 is 0 Å². The fourth-order valence-electron chi connectivity index (χ4n) is 2.62. The Morgan fingerprint density at radius 2 is 2.16 bits per heavy atom. The maximum Gasteiger partial charge on any atom is 0.271 e. The van der Waals surface area contributed by atoms with Crippen LogP contribution in [0.4, 0.5) is 0 Å². The minimum Gasteiger partial charge on any atom is -0.493 e. The number of rotatable bonds is 3. The molecular formula is C18H16N2O5. The summed E-state index contributed by atoms with van der Waals surface area (Å²) in [6, 6.07) is 5.26. The minimum absolute atomic E-state index is 0.00556. The van der Waals surface area contributed by atoms with Crippen LogP contribution in [0, 0.1) is 11.3 Å². The van der Waals surface area contributed by atoms with Gasteiger partial charge in [-0.2, -0.15) is 5.26 Å². The van der Waals surface area contributed by atoms with E-state index in [1.54, 1.807) is 24.3 Å². The third kappa shape index (κ3) is 3.33. The zero-order valence-electron chi connectivity index (χ0n) is 13.7. The molecule has 2 heterocycles. The Morgan fingerprint density at radius 1 is 1.36 bits per heavy atom. The number of fused-ring (bicyclic) bond motifs is 1. The fraction of sp³-hybridized carbons (Fsp3) is 0.278. The van der Waals surface area contributed by atoms with Gasteiger partial charge in [0.05, 0.1) is 7.11 Å². The SMILES string of the molecule is COc1cc(C=CC(=O)N2CCC=C(C#N)C2=O)cc2c1OCCO2. The largest absolute Gasteiger partial charge is 0.493 e. The first kappa shape index (κ1) is 16.6.